The summed E-state index contributed by atoms with van der Waals surface area (Å²) in [5.41, 5.74) is 14.7. The summed E-state index contributed by atoms with van der Waals surface area (Å²) >= 11 is 0. The summed E-state index contributed by atoms with van der Waals surface area (Å²) in [4.78, 5) is 24.4. The Balaban J connectivity index is 0.786. The van der Waals surface area contributed by atoms with Gasteiger partial charge in [0.1, 0.15) is 0 Å². The molecule has 370 valence electrons. The maximum Gasteiger partial charge on any atom is 0.164 e. The van der Waals surface area contributed by atoms with Crippen LogP contribution in [-0.4, -0.2) is 15.0 Å². The largest absolute Gasteiger partial charge is 0.453 e. The fourth-order valence-electron chi connectivity index (χ4n) is 10.4. The lowest BCUT2D eigenvalue weighted by atomic mass is 10.1. The Kier molecular flexibility index (Phi) is 11.6. The molecule has 0 atom stereocenters. The van der Waals surface area contributed by atoms with Crippen molar-refractivity contribution in [3.05, 3.63) is 285 Å². The molecule has 2 aliphatic heterocycles. The number of anilines is 12. The van der Waals surface area contributed by atoms with E-state index in [1.165, 1.54) is 0 Å². The molecular formula is C69H47N7O2. The van der Waals surface area contributed by atoms with Crippen molar-refractivity contribution < 1.29 is 9.47 Å². The van der Waals surface area contributed by atoms with Crippen LogP contribution in [0, 0.1) is 0 Å². The molecule has 0 spiro atoms. The van der Waals surface area contributed by atoms with Gasteiger partial charge in [0.2, 0.25) is 0 Å². The summed E-state index contributed by atoms with van der Waals surface area (Å²) in [5, 5.41) is 0. The van der Waals surface area contributed by atoms with E-state index < -0.39 is 0 Å². The predicted octanol–water partition coefficient (Wildman–Crippen LogP) is 19.0. The highest BCUT2D eigenvalue weighted by atomic mass is 16.5. The van der Waals surface area contributed by atoms with E-state index in [-0.39, 0.29) is 0 Å². The van der Waals surface area contributed by atoms with Crippen molar-refractivity contribution in [3.63, 3.8) is 0 Å². The summed E-state index contributed by atoms with van der Waals surface area (Å²) < 4.78 is 12.6. The van der Waals surface area contributed by atoms with Gasteiger partial charge in [-0.25, -0.2) is 15.0 Å². The van der Waals surface area contributed by atoms with Crippen LogP contribution in [0.5, 0.6) is 23.0 Å². The Bertz CT molecular complexity index is 3750. The van der Waals surface area contributed by atoms with Crippen LogP contribution in [0.3, 0.4) is 0 Å². The van der Waals surface area contributed by atoms with Crippen molar-refractivity contribution in [2.75, 3.05) is 19.6 Å². The molecule has 0 radical (unpaired) electrons. The van der Waals surface area contributed by atoms with Gasteiger partial charge in [-0.3, -0.25) is 0 Å². The number of ether oxygens (including phenoxy) is 2. The maximum absolute atomic E-state index is 6.31. The SMILES string of the molecule is c1ccc(-c2nc(-c3ccc(N(c4ccccc4)c4ccc(N5c6ccccc6Oc6ccccc65)cc4)cc3)nc(-c3ccc(N(c4ccccc4)c4ccc(N5c6ccccc6Oc6ccccc65)cc4)cc3)n2)cc1. The normalized spacial score (nSPS) is 12.0. The summed E-state index contributed by atoms with van der Waals surface area (Å²) in [6.45, 7) is 0. The van der Waals surface area contributed by atoms with E-state index in [0.29, 0.717) is 17.5 Å². The number of nitrogens with zero attached hydrogens (tertiary/aromatic N) is 7. The zero-order chi connectivity index (χ0) is 51.8. The molecular weight excluding hydrogens is 959 g/mol. The van der Waals surface area contributed by atoms with Gasteiger partial charge < -0.3 is 29.1 Å². The first kappa shape index (κ1) is 45.8. The van der Waals surface area contributed by atoms with Gasteiger partial charge in [-0.2, -0.15) is 0 Å². The number of para-hydroxylation sites is 10. The lowest BCUT2D eigenvalue weighted by Gasteiger charge is -2.33. The second-order valence-electron chi connectivity index (χ2n) is 18.9. The van der Waals surface area contributed by atoms with Crippen LogP contribution >= 0.6 is 0 Å². The predicted molar refractivity (Wildman–Crippen MR) is 315 cm³/mol. The van der Waals surface area contributed by atoms with E-state index >= 15 is 0 Å². The summed E-state index contributed by atoms with van der Waals surface area (Å²) in [7, 11) is 0. The molecule has 3 heterocycles. The van der Waals surface area contributed by atoms with Gasteiger partial charge in [-0.15, -0.1) is 0 Å². The quantitative estimate of drug-likeness (QED) is 0.126. The average Bonchev–Trinajstić information content (AvgIpc) is 3.52. The zero-order valence-corrected chi connectivity index (χ0v) is 42.1. The molecule has 0 fully saturated rings. The summed E-state index contributed by atoms with van der Waals surface area (Å²) in [6.07, 6.45) is 0. The van der Waals surface area contributed by atoms with Gasteiger partial charge in [-0.05, 0) is 170 Å². The molecule has 2 aliphatic rings. The molecule has 0 N–H and O–H groups in total. The number of rotatable bonds is 11. The third-order valence-corrected chi connectivity index (χ3v) is 14.1. The number of aromatic nitrogens is 3. The van der Waals surface area contributed by atoms with Crippen molar-refractivity contribution in [2.24, 2.45) is 0 Å². The van der Waals surface area contributed by atoms with Crippen LogP contribution in [0.4, 0.5) is 68.2 Å². The van der Waals surface area contributed by atoms with Crippen molar-refractivity contribution in [3.8, 4) is 57.2 Å². The van der Waals surface area contributed by atoms with Crippen LogP contribution in [0.1, 0.15) is 0 Å². The first-order chi connectivity index (χ1) is 38.7. The number of fused-ring (bicyclic) bond motifs is 4. The molecule has 14 rings (SSSR count). The van der Waals surface area contributed by atoms with E-state index in [9.17, 15) is 0 Å². The van der Waals surface area contributed by atoms with Gasteiger partial charge in [-0.1, -0.05) is 115 Å². The minimum atomic E-state index is 0.577. The highest BCUT2D eigenvalue weighted by molar-refractivity contribution is 5.89. The smallest absolute Gasteiger partial charge is 0.164 e. The molecule has 0 saturated carbocycles. The Morgan fingerprint density at radius 1 is 0.231 bits per heavy atom. The molecule has 78 heavy (non-hydrogen) atoms. The number of benzene rings is 11. The van der Waals surface area contributed by atoms with Crippen LogP contribution in [-0.2, 0) is 0 Å². The highest BCUT2D eigenvalue weighted by Gasteiger charge is 2.28. The molecule has 0 amide bonds. The topological polar surface area (TPSA) is 70.1 Å². The van der Waals surface area contributed by atoms with Crippen molar-refractivity contribution in [1.82, 2.24) is 15.0 Å². The van der Waals surface area contributed by atoms with Crippen molar-refractivity contribution in [1.29, 1.82) is 0 Å². The molecule has 9 heteroatoms. The number of hydrogen-bond donors (Lipinski definition) is 0. The van der Waals surface area contributed by atoms with E-state index in [4.69, 9.17) is 24.4 Å². The summed E-state index contributed by atoms with van der Waals surface area (Å²) in [5.74, 6) is 5.02. The molecule has 0 bridgehead atoms. The van der Waals surface area contributed by atoms with E-state index in [0.717, 1.165) is 108 Å². The minimum absolute atomic E-state index is 0.577. The zero-order valence-electron chi connectivity index (χ0n) is 42.1. The molecule has 0 aliphatic carbocycles. The number of hydrogen-bond acceptors (Lipinski definition) is 9. The second-order valence-corrected chi connectivity index (χ2v) is 18.9. The Morgan fingerprint density at radius 2 is 0.474 bits per heavy atom. The molecule has 0 unspecified atom stereocenters. The average molecular weight is 1010 g/mol. The third-order valence-electron chi connectivity index (χ3n) is 14.1. The minimum Gasteiger partial charge on any atom is -0.453 e. The molecule has 12 aromatic rings. The van der Waals surface area contributed by atoms with Crippen LogP contribution in [0.25, 0.3) is 34.2 Å². The Hall–Kier alpha value is -10.8. The molecule has 11 aromatic carbocycles. The van der Waals surface area contributed by atoms with Crippen LogP contribution in [0.15, 0.2) is 285 Å². The molecule has 1 aromatic heterocycles. The lowest BCUT2D eigenvalue weighted by molar-refractivity contribution is 0.477. The first-order valence-corrected chi connectivity index (χ1v) is 25.9. The van der Waals surface area contributed by atoms with E-state index in [1.807, 2.05) is 115 Å². The van der Waals surface area contributed by atoms with E-state index in [1.54, 1.807) is 0 Å². The Morgan fingerprint density at radius 3 is 0.795 bits per heavy atom. The van der Waals surface area contributed by atoms with Crippen LogP contribution < -0.4 is 29.1 Å². The van der Waals surface area contributed by atoms with Crippen molar-refractivity contribution in [2.45, 2.75) is 0 Å². The van der Waals surface area contributed by atoms with Gasteiger partial charge in [0.15, 0.2) is 40.5 Å². The maximum atomic E-state index is 6.31. The van der Waals surface area contributed by atoms with Crippen LogP contribution in [0.2, 0.25) is 0 Å². The molecule has 9 nitrogen and oxygen atoms in total. The Labute approximate surface area is 452 Å². The van der Waals surface area contributed by atoms with Crippen molar-refractivity contribution >= 4 is 68.2 Å². The standard InChI is InChI=1S/C69H47N7O2/c1-4-18-48(19-5-1)67-70-68(49-32-36-53(37-33-49)73(51-20-6-2-7-21-51)55-40-44-57(45-41-55)75-59-24-10-14-28-63(59)77-64-29-15-11-25-60(64)75)72-69(71-67)50-34-38-54(39-35-50)74(52-22-8-3-9-23-52)56-42-46-58(47-43-56)76-61-26-12-16-30-65(61)78-66-31-17-13-27-62(66)76/h1-47H. The second kappa shape index (κ2) is 19.8. The summed E-state index contributed by atoms with van der Waals surface area (Å²) in [6, 6.07) is 97.9. The monoisotopic (exact) mass is 1010 g/mol. The molecule has 0 saturated heterocycles. The van der Waals surface area contributed by atoms with Gasteiger partial charge in [0, 0.05) is 62.2 Å². The first-order valence-electron chi connectivity index (χ1n) is 25.9. The fraction of sp³-hybridized carbons (Fsp3) is 0. The third kappa shape index (κ3) is 8.57. The highest BCUT2D eigenvalue weighted by Crippen LogP contribution is 2.52. The van der Waals surface area contributed by atoms with Gasteiger partial charge >= 0.3 is 0 Å². The lowest BCUT2D eigenvalue weighted by Crippen LogP contribution is -2.16. The van der Waals surface area contributed by atoms with E-state index in [2.05, 4.69) is 189 Å². The van der Waals surface area contributed by atoms with Gasteiger partial charge in [0.05, 0.1) is 22.7 Å². The fourth-order valence-corrected chi connectivity index (χ4v) is 10.4. The van der Waals surface area contributed by atoms with Gasteiger partial charge in [0.25, 0.3) is 0 Å².